The monoisotopic (exact) mass is 340 g/mol. The molecule has 2 aliphatic rings. The lowest BCUT2D eigenvalue weighted by atomic mass is 9.84. The highest BCUT2D eigenvalue weighted by Gasteiger charge is 2.31. The van der Waals surface area contributed by atoms with Crippen LogP contribution in [-0.4, -0.2) is 40.8 Å². The number of hydrogen-bond donors (Lipinski definition) is 1. The maximum absolute atomic E-state index is 12.3. The molecule has 1 amide bonds. The minimum Gasteiger partial charge on any atom is -0.335 e. The molecule has 1 fully saturated rings. The summed E-state index contributed by atoms with van der Waals surface area (Å²) in [5.74, 6) is 0.465. The van der Waals surface area contributed by atoms with Gasteiger partial charge in [-0.05, 0) is 32.8 Å². The van der Waals surface area contributed by atoms with Gasteiger partial charge in [-0.1, -0.05) is 6.42 Å². The van der Waals surface area contributed by atoms with Crippen LogP contribution in [0.15, 0.2) is 6.07 Å². The Hall–Kier alpha value is -1.41. The van der Waals surface area contributed by atoms with E-state index in [2.05, 4.69) is 9.82 Å². The van der Waals surface area contributed by atoms with Crippen molar-refractivity contribution in [2.75, 3.05) is 6.54 Å². The second-order valence-corrected chi connectivity index (χ2v) is 8.97. The van der Waals surface area contributed by atoms with E-state index in [0.29, 0.717) is 25.3 Å². The molecule has 23 heavy (non-hydrogen) atoms. The molecule has 0 aromatic carbocycles. The highest BCUT2D eigenvalue weighted by atomic mass is 32.2. The van der Waals surface area contributed by atoms with Crippen LogP contribution in [0.25, 0.3) is 0 Å². The van der Waals surface area contributed by atoms with E-state index in [0.717, 1.165) is 25.0 Å². The highest BCUT2D eigenvalue weighted by molar-refractivity contribution is 7.90. The van der Waals surface area contributed by atoms with Crippen LogP contribution in [0.5, 0.6) is 0 Å². The number of sulfonamides is 1. The van der Waals surface area contributed by atoms with Gasteiger partial charge in [0.25, 0.3) is 0 Å². The molecule has 0 radical (unpaired) electrons. The van der Waals surface area contributed by atoms with Gasteiger partial charge >= 0.3 is 0 Å². The Bertz CT molecular complexity index is 692. The van der Waals surface area contributed by atoms with Crippen LogP contribution in [0.3, 0.4) is 0 Å². The van der Waals surface area contributed by atoms with Gasteiger partial charge in [0.05, 0.1) is 36.3 Å². The van der Waals surface area contributed by atoms with E-state index in [1.807, 2.05) is 15.6 Å². The van der Waals surface area contributed by atoms with Gasteiger partial charge in [-0.15, -0.1) is 0 Å². The molecular formula is C15H24N4O3S. The highest BCUT2D eigenvalue weighted by Crippen LogP contribution is 2.29. The van der Waals surface area contributed by atoms with Crippen molar-refractivity contribution in [2.45, 2.75) is 58.0 Å². The molecule has 7 nitrogen and oxygen atoms in total. The zero-order chi connectivity index (χ0) is 16.6. The predicted octanol–water partition coefficient (Wildman–Crippen LogP) is 0.853. The van der Waals surface area contributed by atoms with Gasteiger partial charge in [-0.2, -0.15) is 5.10 Å². The fraction of sp³-hybridized carbons (Fsp3) is 0.733. The van der Waals surface area contributed by atoms with Gasteiger partial charge in [-0.3, -0.25) is 9.48 Å². The molecule has 128 valence electrons. The molecule has 2 heterocycles. The zero-order valence-electron chi connectivity index (χ0n) is 13.7. The molecule has 0 bridgehead atoms. The Kier molecular flexibility index (Phi) is 4.46. The van der Waals surface area contributed by atoms with Crippen LogP contribution in [0.4, 0.5) is 0 Å². The maximum Gasteiger partial charge on any atom is 0.226 e. The van der Waals surface area contributed by atoms with Gasteiger partial charge in [0.15, 0.2) is 0 Å². The smallest absolute Gasteiger partial charge is 0.226 e. The van der Waals surface area contributed by atoms with Gasteiger partial charge in [0.2, 0.25) is 15.9 Å². The zero-order valence-corrected chi connectivity index (χ0v) is 14.5. The van der Waals surface area contributed by atoms with E-state index >= 15 is 0 Å². The Balaban J connectivity index is 1.63. The molecule has 0 saturated heterocycles. The molecule has 0 spiro atoms. The lowest BCUT2D eigenvalue weighted by molar-refractivity contribution is -0.139. The normalized spacial score (nSPS) is 18.8. The van der Waals surface area contributed by atoms with Crippen molar-refractivity contribution < 1.29 is 13.2 Å². The summed E-state index contributed by atoms with van der Waals surface area (Å²) in [5.41, 5.74) is 1.67. The number of hydrogen-bond acceptors (Lipinski definition) is 4. The standard InChI is InChI=1S/C15H24N4O3S/c1-11(2)23(21,22)16-9-13-8-14-10-18(6-7-19(14)17-13)15(20)12-4-3-5-12/h8,11-12,16H,3-7,9-10H2,1-2H3. The number of carbonyl (C=O) groups excluding carboxylic acids is 1. The molecule has 1 N–H and O–H groups in total. The molecule has 1 aliphatic heterocycles. The van der Waals surface area contributed by atoms with Crippen molar-refractivity contribution in [1.82, 2.24) is 19.4 Å². The SMILES string of the molecule is CC(C)S(=O)(=O)NCc1cc2n(n1)CCN(C(=O)C1CCC1)C2. The van der Waals surface area contributed by atoms with Crippen LogP contribution in [0, 0.1) is 5.92 Å². The van der Waals surface area contributed by atoms with Gasteiger partial charge in [-0.25, -0.2) is 13.1 Å². The third-order valence-electron chi connectivity index (χ3n) is 4.69. The van der Waals surface area contributed by atoms with Crippen LogP contribution in [-0.2, 0) is 34.5 Å². The molecular weight excluding hydrogens is 316 g/mol. The number of amides is 1. The number of fused-ring (bicyclic) bond motifs is 1. The maximum atomic E-state index is 12.3. The van der Waals surface area contributed by atoms with Crippen LogP contribution in [0.1, 0.15) is 44.5 Å². The molecule has 0 atom stereocenters. The van der Waals surface area contributed by atoms with E-state index in [9.17, 15) is 13.2 Å². The van der Waals surface area contributed by atoms with Crippen LogP contribution in [0.2, 0.25) is 0 Å². The number of aromatic nitrogens is 2. The summed E-state index contributed by atoms with van der Waals surface area (Å²) in [4.78, 5) is 14.2. The topological polar surface area (TPSA) is 84.3 Å². The molecule has 8 heteroatoms. The summed E-state index contributed by atoms with van der Waals surface area (Å²) in [6.07, 6.45) is 3.18. The molecule has 1 saturated carbocycles. The number of rotatable bonds is 5. The van der Waals surface area contributed by atoms with Crippen molar-refractivity contribution in [3.63, 3.8) is 0 Å². The van der Waals surface area contributed by atoms with E-state index in [4.69, 9.17) is 0 Å². The first-order valence-corrected chi connectivity index (χ1v) is 9.74. The quantitative estimate of drug-likeness (QED) is 0.861. The Labute approximate surface area is 137 Å². The minimum atomic E-state index is -3.29. The average Bonchev–Trinajstić information content (AvgIpc) is 2.85. The largest absolute Gasteiger partial charge is 0.335 e. The lowest BCUT2D eigenvalue weighted by Crippen LogP contribution is -2.43. The summed E-state index contributed by atoms with van der Waals surface area (Å²) in [7, 11) is -3.29. The van der Waals surface area contributed by atoms with Gasteiger partial charge in [0, 0.05) is 12.5 Å². The summed E-state index contributed by atoms with van der Waals surface area (Å²) in [5, 5.41) is 3.98. The van der Waals surface area contributed by atoms with Gasteiger partial charge in [0.1, 0.15) is 0 Å². The predicted molar refractivity (Wildman–Crippen MR) is 85.9 cm³/mol. The average molecular weight is 340 g/mol. The van der Waals surface area contributed by atoms with Crippen molar-refractivity contribution in [1.29, 1.82) is 0 Å². The summed E-state index contributed by atoms with van der Waals surface area (Å²) in [6, 6.07) is 1.89. The minimum absolute atomic E-state index is 0.192. The van der Waals surface area contributed by atoms with Crippen molar-refractivity contribution in [3.8, 4) is 0 Å². The van der Waals surface area contributed by atoms with Crippen LogP contribution < -0.4 is 4.72 Å². The third-order valence-corrected chi connectivity index (χ3v) is 6.48. The Morgan fingerprint density at radius 1 is 1.39 bits per heavy atom. The molecule has 1 aromatic heterocycles. The molecule has 1 aliphatic carbocycles. The Morgan fingerprint density at radius 3 is 2.74 bits per heavy atom. The fourth-order valence-corrected chi connectivity index (χ4v) is 3.54. The first-order valence-electron chi connectivity index (χ1n) is 8.19. The third kappa shape index (κ3) is 3.42. The van der Waals surface area contributed by atoms with Gasteiger partial charge < -0.3 is 4.90 Å². The first-order chi connectivity index (χ1) is 10.9. The summed E-state index contributed by atoms with van der Waals surface area (Å²) >= 11 is 0. The second-order valence-electron chi connectivity index (χ2n) is 6.65. The first kappa shape index (κ1) is 16.4. The van der Waals surface area contributed by atoms with E-state index in [1.54, 1.807) is 13.8 Å². The van der Waals surface area contributed by atoms with Crippen LogP contribution >= 0.6 is 0 Å². The fourth-order valence-electron chi connectivity index (χ4n) is 2.85. The Morgan fingerprint density at radius 2 is 2.13 bits per heavy atom. The molecule has 0 unspecified atom stereocenters. The molecule has 3 rings (SSSR count). The number of nitrogens with zero attached hydrogens (tertiary/aromatic N) is 3. The summed E-state index contributed by atoms with van der Waals surface area (Å²) < 4.78 is 28.1. The lowest BCUT2D eigenvalue weighted by Gasteiger charge is -2.34. The van der Waals surface area contributed by atoms with Crippen molar-refractivity contribution in [3.05, 3.63) is 17.5 Å². The van der Waals surface area contributed by atoms with E-state index in [1.165, 1.54) is 0 Å². The summed E-state index contributed by atoms with van der Waals surface area (Å²) in [6.45, 7) is 5.40. The van der Waals surface area contributed by atoms with Crippen molar-refractivity contribution in [2.24, 2.45) is 5.92 Å². The molecule has 1 aromatic rings. The van der Waals surface area contributed by atoms with Crippen molar-refractivity contribution >= 4 is 15.9 Å². The van der Waals surface area contributed by atoms with E-state index in [-0.39, 0.29) is 18.4 Å². The second kappa shape index (κ2) is 6.24. The number of carbonyl (C=O) groups is 1. The van der Waals surface area contributed by atoms with E-state index < -0.39 is 15.3 Å². The number of nitrogens with one attached hydrogen (secondary N) is 1.